The van der Waals surface area contributed by atoms with Crippen molar-refractivity contribution in [2.75, 3.05) is 0 Å². The number of halogens is 3. The van der Waals surface area contributed by atoms with Crippen LogP contribution in [0.2, 0.25) is 0 Å². The van der Waals surface area contributed by atoms with Crippen LogP contribution in [-0.4, -0.2) is 25.0 Å². The van der Waals surface area contributed by atoms with Crippen LogP contribution in [-0.2, 0) is 0 Å². The van der Waals surface area contributed by atoms with Gasteiger partial charge in [0.05, 0.1) is 0 Å². The van der Waals surface area contributed by atoms with E-state index >= 15 is 0 Å². The van der Waals surface area contributed by atoms with Crippen molar-refractivity contribution in [2.45, 2.75) is 5.07 Å². The Hall–Kier alpha value is -0.931. The molecule has 0 aliphatic carbocycles. The second-order valence-corrected chi connectivity index (χ2v) is 5.07. The number of fused-ring (bicyclic) bond motifs is 1. The Morgan fingerprint density at radius 2 is 1.86 bits per heavy atom. The van der Waals surface area contributed by atoms with Gasteiger partial charge in [0.1, 0.15) is 0 Å². The fourth-order valence-corrected chi connectivity index (χ4v) is 2.63. The SMILES string of the molecule is FC(F)(F)[Se]c1c[nH]c2ccccc12. The van der Waals surface area contributed by atoms with Crippen molar-refractivity contribution in [1.82, 2.24) is 4.98 Å². The molecule has 0 atom stereocenters. The second-order valence-electron chi connectivity index (χ2n) is 2.75. The molecule has 0 fully saturated rings. The molecule has 1 nitrogen and oxygen atoms in total. The van der Waals surface area contributed by atoms with Crippen molar-refractivity contribution in [2.24, 2.45) is 0 Å². The van der Waals surface area contributed by atoms with Gasteiger partial charge >= 0.3 is 84.0 Å². The van der Waals surface area contributed by atoms with Gasteiger partial charge in [-0.2, -0.15) is 0 Å². The van der Waals surface area contributed by atoms with E-state index in [2.05, 4.69) is 4.98 Å². The van der Waals surface area contributed by atoms with Crippen LogP contribution < -0.4 is 4.46 Å². The molecule has 1 aromatic carbocycles. The van der Waals surface area contributed by atoms with Crippen LogP contribution in [0.1, 0.15) is 0 Å². The summed E-state index contributed by atoms with van der Waals surface area (Å²) in [7, 11) is 0. The fourth-order valence-electron chi connectivity index (χ4n) is 1.25. The molecule has 0 aliphatic rings. The summed E-state index contributed by atoms with van der Waals surface area (Å²) in [4.78, 5) is 2.83. The van der Waals surface area contributed by atoms with Gasteiger partial charge in [0, 0.05) is 0 Å². The van der Waals surface area contributed by atoms with E-state index < -0.39 is 20.0 Å². The molecule has 0 unspecified atom stereocenters. The summed E-state index contributed by atoms with van der Waals surface area (Å²) in [6.45, 7) is 0. The van der Waals surface area contributed by atoms with Crippen molar-refractivity contribution in [3.05, 3.63) is 30.5 Å². The van der Waals surface area contributed by atoms with Gasteiger partial charge in [0.25, 0.3) is 0 Å². The third-order valence-corrected chi connectivity index (χ3v) is 3.43. The fraction of sp³-hybridized carbons (Fsp3) is 0.111. The van der Waals surface area contributed by atoms with E-state index in [0.717, 1.165) is 5.52 Å². The molecule has 1 aromatic heterocycles. The predicted molar refractivity (Wildman–Crippen MR) is 49.7 cm³/mol. The number of para-hydroxylation sites is 1. The monoisotopic (exact) mass is 265 g/mol. The average molecular weight is 264 g/mol. The van der Waals surface area contributed by atoms with Crippen LogP contribution in [0.5, 0.6) is 0 Å². The molecule has 74 valence electrons. The summed E-state index contributed by atoms with van der Waals surface area (Å²) in [5.74, 6) is 0. The maximum absolute atomic E-state index is 12.2. The summed E-state index contributed by atoms with van der Waals surface area (Å²) >= 11 is -1.47. The summed E-state index contributed by atoms with van der Waals surface area (Å²) in [5, 5.41) is -3.41. The Morgan fingerprint density at radius 1 is 1.14 bits per heavy atom. The Morgan fingerprint density at radius 3 is 2.57 bits per heavy atom. The van der Waals surface area contributed by atoms with Crippen LogP contribution >= 0.6 is 0 Å². The van der Waals surface area contributed by atoms with E-state index in [4.69, 9.17) is 0 Å². The molecule has 1 heterocycles. The van der Waals surface area contributed by atoms with E-state index in [0.29, 0.717) is 9.85 Å². The number of benzene rings is 1. The molecule has 0 spiro atoms. The van der Waals surface area contributed by atoms with Crippen LogP contribution in [0.25, 0.3) is 10.9 Å². The van der Waals surface area contributed by atoms with E-state index in [1.54, 1.807) is 24.3 Å². The van der Waals surface area contributed by atoms with Crippen LogP contribution in [0.15, 0.2) is 30.5 Å². The van der Waals surface area contributed by atoms with Gasteiger partial charge in [-0.3, -0.25) is 0 Å². The number of aromatic nitrogens is 1. The van der Waals surface area contributed by atoms with Crippen molar-refractivity contribution in [3.63, 3.8) is 0 Å². The standard InChI is InChI=1S/C9H6F3NSe/c10-9(11,12)14-8-5-13-7-4-2-1-3-6(7)8/h1-5,13H. The first-order valence-electron chi connectivity index (χ1n) is 3.88. The number of hydrogen-bond donors (Lipinski definition) is 1. The minimum atomic E-state index is -4.09. The molecule has 0 bridgehead atoms. The molecule has 2 aromatic rings. The first kappa shape index (κ1) is 9.62. The number of nitrogens with one attached hydrogen (secondary N) is 1. The summed E-state index contributed by atoms with van der Waals surface area (Å²) in [5.41, 5.74) is 0.758. The van der Waals surface area contributed by atoms with Gasteiger partial charge in [-0.25, -0.2) is 0 Å². The van der Waals surface area contributed by atoms with Crippen molar-refractivity contribution >= 4 is 30.3 Å². The van der Waals surface area contributed by atoms with Gasteiger partial charge < -0.3 is 0 Å². The molecular weight excluding hydrogens is 258 g/mol. The first-order valence-corrected chi connectivity index (χ1v) is 5.59. The number of hydrogen-bond acceptors (Lipinski definition) is 0. The van der Waals surface area contributed by atoms with Gasteiger partial charge in [0.15, 0.2) is 0 Å². The Labute approximate surface area is 84.5 Å². The molecule has 0 saturated carbocycles. The molecule has 0 radical (unpaired) electrons. The third-order valence-electron chi connectivity index (χ3n) is 1.78. The predicted octanol–water partition coefficient (Wildman–Crippen LogP) is 2.02. The molecule has 0 amide bonds. The average Bonchev–Trinajstić information content (AvgIpc) is 2.47. The van der Waals surface area contributed by atoms with Gasteiger partial charge in [-0.1, -0.05) is 0 Å². The van der Waals surface area contributed by atoms with Gasteiger partial charge in [-0.15, -0.1) is 0 Å². The molecule has 0 aliphatic heterocycles. The maximum atomic E-state index is 12.2. The zero-order valence-electron chi connectivity index (χ0n) is 6.93. The number of rotatable bonds is 1. The molecule has 1 N–H and O–H groups in total. The molecule has 5 heteroatoms. The van der Waals surface area contributed by atoms with E-state index in [-0.39, 0.29) is 0 Å². The topological polar surface area (TPSA) is 15.8 Å². The summed E-state index contributed by atoms with van der Waals surface area (Å²) in [6.07, 6.45) is 1.44. The van der Waals surface area contributed by atoms with Crippen LogP contribution in [0.3, 0.4) is 0 Å². The normalized spacial score (nSPS) is 12.2. The van der Waals surface area contributed by atoms with Gasteiger partial charge in [0.2, 0.25) is 0 Å². The van der Waals surface area contributed by atoms with Gasteiger partial charge in [-0.05, 0) is 0 Å². The van der Waals surface area contributed by atoms with Crippen molar-refractivity contribution in [1.29, 1.82) is 0 Å². The molecular formula is C9H6F3NSe. The van der Waals surface area contributed by atoms with E-state index in [9.17, 15) is 13.2 Å². The first-order chi connectivity index (χ1) is 6.56. The van der Waals surface area contributed by atoms with Crippen LogP contribution in [0, 0.1) is 0 Å². The molecule has 0 saturated heterocycles. The number of alkyl halides is 3. The zero-order valence-corrected chi connectivity index (χ0v) is 8.64. The summed E-state index contributed by atoms with van der Waals surface area (Å²) < 4.78 is 36.8. The Balaban J connectivity index is 2.44. The quantitative estimate of drug-likeness (QED) is 0.758. The second kappa shape index (κ2) is 3.33. The van der Waals surface area contributed by atoms with Crippen LogP contribution in [0.4, 0.5) is 13.2 Å². The zero-order chi connectivity index (χ0) is 10.2. The Kier molecular flexibility index (Phi) is 2.29. The molecule has 14 heavy (non-hydrogen) atoms. The Bertz CT molecular complexity index is 446. The van der Waals surface area contributed by atoms with Crippen molar-refractivity contribution < 1.29 is 13.2 Å². The van der Waals surface area contributed by atoms with E-state index in [1.165, 1.54) is 6.20 Å². The number of H-pyrrole nitrogens is 1. The van der Waals surface area contributed by atoms with E-state index in [1.807, 2.05) is 0 Å². The third kappa shape index (κ3) is 1.94. The molecule has 2 rings (SSSR count). The minimum absolute atomic E-state index is 0.362. The van der Waals surface area contributed by atoms with Crippen molar-refractivity contribution in [3.8, 4) is 0 Å². The number of aromatic amines is 1. The summed E-state index contributed by atoms with van der Waals surface area (Å²) in [6, 6.07) is 7.01.